The summed E-state index contributed by atoms with van der Waals surface area (Å²) >= 11 is 0. The number of methoxy groups -OCH3 is 1. The number of carbonyl (C=O) groups excluding carboxylic acids is 1. The highest BCUT2D eigenvalue weighted by Crippen LogP contribution is 2.16. The summed E-state index contributed by atoms with van der Waals surface area (Å²) in [7, 11) is 1.68. The van der Waals surface area contributed by atoms with Crippen molar-refractivity contribution in [2.24, 2.45) is 5.92 Å². The lowest BCUT2D eigenvalue weighted by Gasteiger charge is -2.30. The molecule has 4 nitrogen and oxygen atoms in total. The highest BCUT2D eigenvalue weighted by atomic mass is 16.5. The minimum atomic E-state index is 0.111. The van der Waals surface area contributed by atoms with E-state index in [0.717, 1.165) is 32.2 Å². The van der Waals surface area contributed by atoms with Crippen molar-refractivity contribution in [3.63, 3.8) is 0 Å². The van der Waals surface area contributed by atoms with Crippen molar-refractivity contribution < 1.29 is 9.53 Å². The van der Waals surface area contributed by atoms with E-state index in [4.69, 9.17) is 4.74 Å². The van der Waals surface area contributed by atoms with E-state index < -0.39 is 0 Å². The molecule has 0 saturated carbocycles. The molecule has 0 spiro atoms. The molecule has 0 aromatic rings. The standard InChI is InChI=1S/C13H26N2O2/c1-4-6-11(9-17-3)15-13(16)12-7-5-8-14-10(12)2/h10-12,14H,4-9H2,1-3H3,(H,15,16). The van der Waals surface area contributed by atoms with Crippen LogP contribution in [0.5, 0.6) is 0 Å². The van der Waals surface area contributed by atoms with Crippen LogP contribution in [0.1, 0.15) is 39.5 Å². The van der Waals surface area contributed by atoms with E-state index in [1.807, 2.05) is 0 Å². The molecule has 1 rings (SSSR count). The molecule has 3 unspecified atom stereocenters. The van der Waals surface area contributed by atoms with E-state index in [9.17, 15) is 4.79 Å². The van der Waals surface area contributed by atoms with Gasteiger partial charge in [-0.3, -0.25) is 4.79 Å². The third kappa shape index (κ3) is 4.64. The molecule has 0 aromatic heterocycles. The van der Waals surface area contributed by atoms with E-state index in [-0.39, 0.29) is 23.9 Å². The predicted octanol–water partition coefficient (Wildman–Crippen LogP) is 1.31. The lowest BCUT2D eigenvalue weighted by atomic mass is 9.91. The van der Waals surface area contributed by atoms with Gasteiger partial charge in [0, 0.05) is 13.2 Å². The molecule has 1 amide bonds. The van der Waals surface area contributed by atoms with Crippen LogP contribution in [-0.2, 0) is 9.53 Å². The summed E-state index contributed by atoms with van der Waals surface area (Å²) in [6.45, 7) is 5.85. The first-order chi connectivity index (χ1) is 8.19. The highest BCUT2D eigenvalue weighted by molar-refractivity contribution is 5.79. The van der Waals surface area contributed by atoms with Gasteiger partial charge in [-0.15, -0.1) is 0 Å². The Hall–Kier alpha value is -0.610. The Balaban J connectivity index is 2.44. The SMILES string of the molecule is CCCC(COC)NC(=O)C1CCCNC1C. The van der Waals surface area contributed by atoms with Crippen LogP contribution in [0.3, 0.4) is 0 Å². The summed E-state index contributed by atoms with van der Waals surface area (Å²) < 4.78 is 5.14. The number of hydrogen-bond acceptors (Lipinski definition) is 3. The van der Waals surface area contributed by atoms with Gasteiger partial charge in [0.2, 0.25) is 5.91 Å². The molecule has 0 bridgehead atoms. The van der Waals surface area contributed by atoms with Crippen LogP contribution in [0, 0.1) is 5.92 Å². The molecule has 1 heterocycles. The third-order valence-corrected chi connectivity index (χ3v) is 3.45. The first-order valence-corrected chi connectivity index (χ1v) is 6.71. The van der Waals surface area contributed by atoms with Crippen LogP contribution in [-0.4, -0.2) is 38.3 Å². The van der Waals surface area contributed by atoms with Gasteiger partial charge in [-0.05, 0) is 32.7 Å². The monoisotopic (exact) mass is 242 g/mol. The molecule has 1 saturated heterocycles. The fourth-order valence-electron chi connectivity index (χ4n) is 2.46. The number of rotatable bonds is 6. The first-order valence-electron chi connectivity index (χ1n) is 6.71. The molecule has 1 aliphatic rings. The Morgan fingerprint density at radius 2 is 2.35 bits per heavy atom. The van der Waals surface area contributed by atoms with Gasteiger partial charge in [0.15, 0.2) is 0 Å². The minimum Gasteiger partial charge on any atom is -0.383 e. The number of amides is 1. The number of carbonyl (C=O) groups is 1. The molecular formula is C13H26N2O2. The fourth-order valence-corrected chi connectivity index (χ4v) is 2.46. The average molecular weight is 242 g/mol. The Bertz CT molecular complexity index is 227. The molecule has 2 N–H and O–H groups in total. The van der Waals surface area contributed by atoms with Gasteiger partial charge in [0.05, 0.1) is 18.6 Å². The fraction of sp³-hybridized carbons (Fsp3) is 0.923. The maximum atomic E-state index is 12.2. The number of ether oxygens (including phenoxy) is 1. The van der Waals surface area contributed by atoms with Gasteiger partial charge < -0.3 is 15.4 Å². The zero-order valence-corrected chi connectivity index (χ0v) is 11.3. The summed E-state index contributed by atoms with van der Waals surface area (Å²) in [6, 6.07) is 0.445. The lowest BCUT2D eigenvalue weighted by Crippen LogP contribution is -2.49. The molecule has 0 aromatic carbocycles. The number of piperidine rings is 1. The third-order valence-electron chi connectivity index (χ3n) is 3.45. The van der Waals surface area contributed by atoms with Crippen LogP contribution < -0.4 is 10.6 Å². The van der Waals surface area contributed by atoms with Gasteiger partial charge in [0.25, 0.3) is 0 Å². The van der Waals surface area contributed by atoms with E-state index >= 15 is 0 Å². The second kappa shape index (κ2) is 7.67. The molecular weight excluding hydrogens is 216 g/mol. The Kier molecular flexibility index (Phi) is 6.52. The van der Waals surface area contributed by atoms with Gasteiger partial charge in [0.1, 0.15) is 0 Å². The molecule has 0 radical (unpaired) electrons. The van der Waals surface area contributed by atoms with Crippen LogP contribution in [0.25, 0.3) is 0 Å². The van der Waals surface area contributed by atoms with Crippen molar-refractivity contribution >= 4 is 5.91 Å². The van der Waals surface area contributed by atoms with Gasteiger partial charge in [-0.2, -0.15) is 0 Å². The van der Waals surface area contributed by atoms with E-state index in [0.29, 0.717) is 6.61 Å². The second-order valence-corrected chi connectivity index (χ2v) is 4.94. The molecule has 0 aliphatic carbocycles. The summed E-state index contributed by atoms with van der Waals surface area (Å²) in [4.78, 5) is 12.2. The molecule has 1 fully saturated rings. The summed E-state index contributed by atoms with van der Waals surface area (Å²) in [6.07, 6.45) is 4.12. The smallest absolute Gasteiger partial charge is 0.224 e. The second-order valence-electron chi connectivity index (χ2n) is 4.94. The van der Waals surface area contributed by atoms with E-state index in [1.54, 1.807) is 7.11 Å². The van der Waals surface area contributed by atoms with Crippen molar-refractivity contribution in [2.75, 3.05) is 20.3 Å². The summed E-state index contributed by atoms with van der Waals surface area (Å²) in [5.41, 5.74) is 0. The number of hydrogen-bond donors (Lipinski definition) is 2. The Morgan fingerprint density at radius 1 is 1.59 bits per heavy atom. The van der Waals surface area contributed by atoms with Crippen molar-refractivity contribution in [1.29, 1.82) is 0 Å². The van der Waals surface area contributed by atoms with Crippen molar-refractivity contribution in [3.05, 3.63) is 0 Å². The topological polar surface area (TPSA) is 50.4 Å². The van der Waals surface area contributed by atoms with Crippen molar-refractivity contribution in [2.45, 2.75) is 51.6 Å². The van der Waals surface area contributed by atoms with Gasteiger partial charge in [-0.1, -0.05) is 13.3 Å². The maximum Gasteiger partial charge on any atom is 0.224 e. The van der Waals surface area contributed by atoms with Gasteiger partial charge in [-0.25, -0.2) is 0 Å². The predicted molar refractivity (Wildman–Crippen MR) is 68.9 cm³/mol. The molecule has 100 valence electrons. The molecule has 17 heavy (non-hydrogen) atoms. The molecule has 3 atom stereocenters. The zero-order valence-electron chi connectivity index (χ0n) is 11.3. The van der Waals surface area contributed by atoms with E-state index in [2.05, 4.69) is 24.5 Å². The first kappa shape index (κ1) is 14.5. The van der Waals surface area contributed by atoms with Crippen LogP contribution in [0.2, 0.25) is 0 Å². The summed E-state index contributed by atoms with van der Waals surface area (Å²) in [5, 5.41) is 6.47. The Morgan fingerprint density at radius 3 is 2.94 bits per heavy atom. The maximum absolute atomic E-state index is 12.2. The van der Waals surface area contributed by atoms with Crippen LogP contribution >= 0.6 is 0 Å². The Labute approximate surface area is 104 Å². The quantitative estimate of drug-likeness (QED) is 0.738. The molecule has 4 heteroatoms. The molecule has 1 aliphatic heterocycles. The van der Waals surface area contributed by atoms with Gasteiger partial charge >= 0.3 is 0 Å². The largest absolute Gasteiger partial charge is 0.383 e. The van der Waals surface area contributed by atoms with E-state index in [1.165, 1.54) is 0 Å². The lowest BCUT2D eigenvalue weighted by molar-refractivity contribution is -0.127. The number of nitrogens with one attached hydrogen (secondary N) is 2. The normalized spacial score (nSPS) is 26.5. The van der Waals surface area contributed by atoms with Crippen LogP contribution in [0.15, 0.2) is 0 Å². The van der Waals surface area contributed by atoms with Crippen LogP contribution in [0.4, 0.5) is 0 Å². The zero-order chi connectivity index (χ0) is 12.7. The highest BCUT2D eigenvalue weighted by Gasteiger charge is 2.28. The summed E-state index contributed by atoms with van der Waals surface area (Å²) in [5.74, 6) is 0.292. The average Bonchev–Trinajstić information content (AvgIpc) is 2.30. The minimum absolute atomic E-state index is 0.111. The van der Waals surface area contributed by atoms with Crippen molar-refractivity contribution in [1.82, 2.24) is 10.6 Å². The van der Waals surface area contributed by atoms with Crippen molar-refractivity contribution in [3.8, 4) is 0 Å².